The van der Waals surface area contributed by atoms with Crippen LogP contribution in [0.5, 0.6) is 5.75 Å². The molecule has 0 aliphatic carbocycles. The van der Waals surface area contributed by atoms with Crippen LogP contribution < -0.4 is 5.32 Å². The molecule has 0 spiro atoms. The van der Waals surface area contributed by atoms with Crippen LogP contribution in [0.2, 0.25) is 0 Å². The number of rotatable bonds is 4. The number of nitrogens with one attached hydrogen (secondary N) is 1. The number of carbonyl (C=O) groups is 1. The van der Waals surface area contributed by atoms with Gasteiger partial charge in [-0.1, -0.05) is 46.7 Å². The Labute approximate surface area is 157 Å². The van der Waals surface area contributed by atoms with E-state index in [2.05, 4.69) is 52.0 Å². The number of aromatic hydroxyl groups is 1. The topological polar surface area (TPSA) is 70.9 Å². The first-order chi connectivity index (χ1) is 11.6. The van der Waals surface area contributed by atoms with E-state index in [0.29, 0.717) is 5.75 Å². The number of hydrogen-bond donors (Lipinski definition) is 2. The van der Waals surface area contributed by atoms with Crippen LogP contribution in [0.4, 0.5) is 0 Å². The van der Waals surface area contributed by atoms with Crippen molar-refractivity contribution in [2.75, 3.05) is 6.61 Å². The van der Waals surface area contributed by atoms with E-state index in [4.69, 9.17) is 4.84 Å². The zero-order chi connectivity index (χ0) is 20.3. The zero-order valence-corrected chi connectivity index (χ0v) is 17.7. The van der Waals surface area contributed by atoms with Gasteiger partial charge in [0.2, 0.25) is 0 Å². The van der Waals surface area contributed by atoms with Crippen molar-refractivity contribution in [3.63, 3.8) is 0 Å². The molecule has 0 unspecified atom stereocenters. The van der Waals surface area contributed by atoms with Crippen LogP contribution in [0.1, 0.15) is 79.0 Å². The second-order valence-corrected chi connectivity index (χ2v) is 9.77. The molecule has 0 saturated heterocycles. The Balaban J connectivity index is 3.01. The van der Waals surface area contributed by atoms with Crippen LogP contribution in [0.15, 0.2) is 17.3 Å². The van der Waals surface area contributed by atoms with E-state index in [9.17, 15) is 9.90 Å². The molecule has 0 bridgehead atoms. The number of amides is 1. The molecule has 1 aromatic rings. The number of oxime groups is 1. The lowest BCUT2D eigenvalue weighted by Crippen LogP contribution is -2.42. The molecule has 1 amide bonds. The summed E-state index contributed by atoms with van der Waals surface area (Å²) >= 11 is 0. The predicted molar refractivity (Wildman–Crippen MR) is 107 cm³/mol. The predicted octanol–water partition coefficient (Wildman–Crippen LogP) is 4.25. The first-order valence-corrected chi connectivity index (χ1v) is 8.95. The average Bonchev–Trinajstić information content (AvgIpc) is 2.40. The Kier molecular flexibility index (Phi) is 6.50. The van der Waals surface area contributed by atoms with Gasteiger partial charge in [0.25, 0.3) is 5.91 Å². The van der Waals surface area contributed by atoms with Crippen molar-refractivity contribution in [3.8, 4) is 5.75 Å². The molecule has 1 aromatic carbocycles. The maximum atomic E-state index is 11.7. The van der Waals surface area contributed by atoms with Crippen LogP contribution in [0, 0.1) is 0 Å². The number of nitrogens with zero attached hydrogens (tertiary/aromatic N) is 1. The van der Waals surface area contributed by atoms with Gasteiger partial charge in [-0.15, -0.1) is 0 Å². The molecule has 0 radical (unpaired) electrons. The van der Waals surface area contributed by atoms with Crippen LogP contribution in [0.25, 0.3) is 0 Å². The summed E-state index contributed by atoms with van der Waals surface area (Å²) in [5.41, 5.74) is 1.83. The molecule has 0 heterocycles. The van der Waals surface area contributed by atoms with Gasteiger partial charge in [-0.25, -0.2) is 0 Å². The molecule has 0 saturated carbocycles. The molecule has 26 heavy (non-hydrogen) atoms. The molecule has 2 N–H and O–H groups in total. The summed E-state index contributed by atoms with van der Waals surface area (Å²) in [7, 11) is 0. The molecule has 0 aromatic heterocycles. The van der Waals surface area contributed by atoms with E-state index in [0.717, 1.165) is 16.7 Å². The molecule has 0 atom stereocenters. The highest BCUT2D eigenvalue weighted by Gasteiger charge is 2.26. The first kappa shape index (κ1) is 22.0. The van der Waals surface area contributed by atoms with E-state index in [1.165, 1.54) is 0 Å². The molecular weight excluding hydrogens is 328 g/mol. The fraction of sp³-hybridized carbons (Fsp3) is 0.619. The van der Waals surface area contributed by atoms with Crippen LogP contribution in [-0.2, 0) is 20.5 Å². The Bertz CT molecular complexity index is 637. The van der Waals surface area contributed by atoms with Gasteiger partial charge in [-0.05, 0) is 49.3 Å². The molecule has 0 aliphatic heterocycles. The van der Waals surface area contributed by atoms with Gasteiger partial charge in [-0.3, -0.25) is 4.79 Å². The Morgan fingerprint density at radius 2 is 1.50 bits per heavy atom. The van der Waals surface area contributed by atoms with Gasteiger partial charge in [-0.2, -0.15) is 0 Å². The lowest BCUT2D eigenvalue weighted by Gasteiger charge is -2.27. The summed E-state index contributed by atoms with van der Waals surface area (Å²) in [6, 6.07) is 3.82. The molecule has 0 fully saturated rings. The monoisotopic (exact) mass is 362 g/mol. The lowest BCUT2D eigenvalue weighted by atomic mass is 9.78. The van der Waals surface area contributed by atoms with Crippen molar-refractivity contribution in [1.82, 2.24) is 5.32 Å². The summed E-state index contributed by atoms with van der Waals surface area (Å²) < 4.78 is 0. The van der Waals surface area contributed by atoms with E-state index in [1.807, 2.05) is 32.9 Å². The zero-order valence-electron chi connectivity index (χ0n) is 17.7. The summed E-state index contributed by atoms with van der Waals surface area (Å²) in [5, 5.41) is 17.4. The highest BCUT2D eigenvalue weighted by molar-refractivity contribution is 5.81. The van der Waals surface area contributed by atoms with Crippen molar-refractivity contribution in [2.24, 2.45) is 5.16 Å². The third-order valence-corrected chi connectivity index (χ3v) is 3.73. The smallest absolute Gasteiger partial charge is 0.261 e. The fourth-order valence-electron chi connectivity index (χ4n) is 2.52. The minimum atomic E-state index is -0.301. The van der Waals surface area contributed by atoms with Gasteiger partial charge in [0.05, 0.1) is 6.21 Å². The van der Waals surface area contributed by atoms with Crippen LogP contribution in [0.3, 0.4) is 0 Å². The van der Waals surface area contributed by atoms with Crippen molar-refractivity contribution in [3.05, 3.63) is 28.8 Å². The summed E-state index contributed by atoms with van der Waals surface area (Å²) in [5.74, 6) is 0.110. The van der Waals surface area contributed by atoms with E-state index >= 15 is 0 Å². The normalized spacial score (nSPS) is 13.1. The molecule has 0 aliphatic rings. The van der Waals surface area contributed by atoms with Gasteiger partial charge >= 0.3 is 0 Å². The van der Waals surface area contributed by atoms with Crippen molar-refractivity contribution >= 4 is 12.1 Å². The van der Waals surface area contributed by atoms with Crippen LogP contribution in [-0.4, -0.2) is 29.4 Å². The summed E-state index contributed by atoms with van der Waals surface area (Å²) in [6.07, 6.45) is 1.58. The third kappa shape index (κ3) is 6.70. The SMILES string of the molecule is CC(C)(C)NC(=O)CON=Cc1cc(C(C)(C)C)c(O)c(C(C)(C)C)c1. The second-order valence-electron chi connectivity index (χ2n) is 9.77. The van der Waals surface area contributed by atoms with E-state index < -0.39 is 0 Å². The number of benzene rings is 1. The molecular formula is C21H34N2O3. The van der Waals surface area contributed by atoms with Crippen molar-refractivity contribution in [2.45, 2.75) is 78.7 Å². The van der Waals surface area contributed by atoms with Gasteiger partial charge in [0.1, 0.15) is 5.75 Å². The maximum absolute atomic E-state index is 11.7. The van der Waals surface area contributed by atoms with Crippen LogP contribution >= 0.6 is 0 Å². The quantitative estimate of drug-likeness (QED) is 0.621. The van der Waals surface area contributed by atoms with Gasteiger partial charge < -0.3 is 15.3 Å². The Hall–Kier alpha value is -2.04. The van der Waals surface area contributed by atoms with Gasteiger partial charge in [0.15, 0.2) is 6.61 Å². The number of phenolic OH excluding ortho intramolecular Hbond substituents is 1. The first-order valence-electron chi connectivity index (χ1n) is 8.95. The summed E-state index contributed by atoms with van der Waals surface area (Å²) in [6.45, 7) is 17.9. The van der Waals surface area contributed by atoms with Crippen molar-refractivity contribution < 1.29 is 14.7 Å². The Morgan fingerprint density at radius 1 is 1.04 bits per heavy atom. The fourth-order valence-corrected chi connectivity index (χ4v) is 2.52. The lowest BCUT2D eigenvalue weighted by molar-refractivity contribution is -0.127. The molecule has 1 rings (SSSR count). The van der Waals surface area contributed by atoms with E-state index in [-0.39, 0.29) is 28.9 Å². The largest absolute Gasteiger partial charge is 0.507 e. The third-order valence-electron chi connectivity index (χ3n) is 3.73. The van der Waals surface area contributed by atoms with Crippen molar-refractivity contribution in [1.29, 1.82) is 0 Å². The summed E-state index contributed by atoms with van der Waals surface area (Å²) in [4.78, 5) is 16.9. The molecule has 5 nitrogen and oxygen atoms in total. The van der Waals surface area contributed by atoms with E-state index in [1.54, 1.807) is 6.21 Å². The minimum absolute atomic E-state index is 0.135. The van der Waals surface area contributed by atoms with Gasteiger partial charge in [0, 0.05) is 16.7 Å². The number of carbonyl (C=O) groups excluding carboxylic acids is 1. The number of phenols is 1. The number of hydrogen-bond acceptors (Lipinski definition) is 4. The molecule has 146 valence electrons. The minimum Gasteiger partial charge on any atom is -0.507 e. The molecule has 5 heteroatoms. The standard InChI is InChI=1S/C21H34N2O3/c1-19(2,3)15-10-14(11-16(18(15)25)20(4,5)6)12-22-26-13-17(24)23-21(7,8)9/h10-12,25H,13H2,1-9H3,(H,23,24). The Morgan fingerprint density at radius 3 is 1.88 bits per heavy atom. The second kappa shape index (κ2) is 7.68. The highest BCUT2D eigenvalue weighted by atomic mass is 16.6. The maximum Gasteiger partial charge on any atom is 0.261 e. The average molecular weight is 363 g/mol. The highest BCUT2D eigenvalue weighted by Crippen LogP contribution is 2.39.